The number of nitrogens with one attached hydrogen (secondary N) is 1. The Kier molecular flexibility index (Phi) is 4.03. The summed E-state index contributed by atoms with van der Waals surface area (Å²) in [6, 6.07) is 11.5. The molecule has 136 valence electrons. The Morgan fingerprint density at radius 2 is 1.93 bits per heavy atom. The Morgan fingerprint density at radius 3 is 2.63 bits per heavy atom. The van der Waals surface area contributed by atoms with Crippen LogP contribution in [0.15, 0.2) is 45.3 Å². The Morgan fingerprint density at radius 1 is 1.11 bits per heavy atom. The summed E-state index contributed by atoms with van der Waals surface area (Å²) in [6.45, 7) is 7.17. The van der Waals surface area contributed by atoms with Crippen LogP contribution in [0.2, 0.25) is 0 Å². The van der Waals surface area contributed by atoms with Gasteiger partial charge >= 0.3 is 0 Å². The van der Waals surface area contributed by atoms with Gasteiger partial charge in [-0.15, -0.1) is 0 Å². The molecule has 1 N–H and O–H groups in total. The summed E-state index contributed by atoms with van der Waals surface area (Å²) in [6.07, 6.45) is 0. The minimum atomic E-state index is -0.122. The maximum absolute atomic E-state index is 11.4. The fourth-order valence-corrected chi connectivity index (χ4v) is 3.30. The van der Waals surface area contributed by atoms with E-state index in [9.17, 15) is 4.79 Å². The number of nitrogens with zero attached hydrogens (tertiary/aromatic N) is 2. The van der Waals surface area contributed by atoms with Gasteiger partial charge in [0.05, 0.1) is 17.0 Å². The first-order valence-electron chi connectivity index (χ1n) is 8.65. The zero-order valence-electron chi connectivity index (χ0n) is 15.6. The van der Waals surface area contributed by atoms with Gasteiger partial charge < -0.3 is 14.3 Å². The van der Waals surface area contributed by atoms with E-state index in [1.165, 1.54) is 6.92 Å². The van der Waals surface area contributed by atoms with Crippen molar-refractivity contribution in [1.82, 2.24) is 10.1 Å². The molecule has 4 rings (SSSR count). The minimum Gasteiger partial charge on any atom is -0.459 e. The van der Waals surface area contributed by atoms with Crippen LogP contribution in [0.5, 0.6) is 0 Å². The van der Waals surface area contributed by atoms with Gasteiger partial charge in [0.15, 0.2) is 5.58 Å². The molecule has 0 aliphatic rings. The lowest BCUT2D eigenvalue weighted by Crippen LogP contribution is -2.05. The number of hydrogen-bond donors (Lipinski definition) is 1. The van der Waals surface area contributed by atoms with E-state index >= 15 is 0 Å². The molecule has 6 nitrogen and oxygen atoms in total. The Balaban J connectivity index is 1.96. The van der Waals surface area contributed by atoms with E-state index in [-0.39, 0.29) is 5.91 Å². The number of furan rings is 1. The lowest BCUT2D eigenvalue weighted by Gasteiger charge is -2.08. The molecule has 0 bridgehead atoms. The first-order valence-corrected chi connectivity index (χ1v) is 8.65. The lowest BCUT2D eigenvalue weighted by molar-refractivity contribution is -0.114. The summed E-state index contributed by atoms with van der Waals surface area (Å²) in [4.78, 5) is 16.3. The molecule has 4 aromatic rings. The van der Waals surface area contributed by atoms with Crippen LogP contribution in [0.3, 0.4) is 0 Å². The molecule has 1 amide bonds. The number of amides is 1. The van der Waals surface area contributed by atoms with E-state index in [0.717, 1.165) is 39.4 Å². The molecule has 0 saturated heterocycles. The molecule has 0 aliphatic heterocycles. The number of aryl methyl sites for hydroxylation is 3. The molecule has 0 fully saturated rings. The maximum atomic E-state index is 11.4. The number of rotatable bonds is 3. The van der Waals surface area contributed by atoms with Crippen molar-refractivity contribution in [2.24, 2.45) is 0 Å². The summed E-state index contributed by atoms with van der Waals surface area (Å²) in [5.74, 6) is 1.41. The lowest BCUT2D eigenvalue weighted by atomic mass is 10.0. The van der Waals surface area contributed by atoms with Crippen molar-refractivity contribution < 1.29 is 13.7 Å². The molecule has 0 atom stereocenters. The van der Waals surface area contributed by atoms with Crippen LogP contribution in [0.1, 0.15) is 24.1 Å². The third kappa shape index (κ3) is 3.10. The van der Waals surface area contributed by atoms with Crippen molar-refractivity contribution in [3.8, 4) is 22.5 Å². The molecule has 1 aromatic carbocycles. The highest BCUT2D eigenvalue weighted by Crippen LogP contribution is 2.35. The number of carbonyl (C=O) groups is 1. The second-order valence-electron chi connectivity index (χ2n) is 6.59. The van der Waals surface area contributed by atoms with Crippen molar-refractivity contribution in [2.75, 3.05) is 5.32 Å². The summed E-state index contributed by atoms with van der Waals surface area (Å²) in [5, 5.41) is 7.80. The quantitative estimate of drug-likeness (QED) is 0.553. The summed E-state index contributed by atoms with van der Waals surface area (Å²) < 4.78 is 11.2. The van der Waals surface area contributed by atoms with E-state index in [1.54, 1.807) is 0 Å². The van der Waals surface area contributed by atoms with Crippen LogP contribution < -0.4 is 5.32 Å². The van der Waals surface area contributed by atoms with Crippen molar-refractivity contribution in [3.05, 3.63) is 53.6 Å². The molecule has 0 radical (unpaired) electrons. The predicted octanol–water partition coefficient (Wildman–Crippen LogP) is 5.03. The monoisotopic (exact) mass is 361 g/mol. The Labute approximate surface area is 156 Å². The van der Waals surface area contributed by atoms with Crippen molar-refractivity contribution in [3.63, 3.8) is 0 Å². The maximum Gasteiger partial charge on any atom is 0.221 e. The number of fused-ring (bicyclic) bond motifs is 1. The van der Waals surface area contributed by atoms with Gasteiger partial charge in [-0.3, -0.25) is 4.79 Å². The molecule has 0 spiro atoms. The Hall–Kier alpha value is -3.41. The number of aromatic nitrogens is 2. The zero-order chi connectivity index (χ0) is 19.1. The molecule has 0 aliphatic carbocycles. The molecule has 27 heavy (non-hydrogen) atoms. The molecular formula is C21H19N3O3. The van der Waals surface area contributed by atoms with E-state index in [1.807, 2.05) is 57.2 Å². The van der Waals surface area contributed by atoms with E-state index in [4.69, 9.17) is 13.9 Å². The highest BCUT2D eigenvalue weighted by Gasteiger charge is 2.18. The van der Waals surface area contributed by atoms with Crippen LogP contribution in [0.25, 0.3) is 33.5 Å². The molecule has 3 heterocycles. The highest BCUT2D eigenvalue weighted by molar-refractivity contribution is 5.95. The third-order valence-corrected chi connectivity index (χ3v) is 4.37. The van der Waals surface area contributed by atoms with Crippen LogP contribution in [-0.4, -0.2) is 16.0 Å². The SMILES string of the molecule is CC(=O)Nc1cccc(-c2nc(-c3c(C)noc3C)cc3cc(C)oc23)c1. The Bertz CT molecular complexity index is 1150. The van der Waals surface area contributed by atoms with Crippen LogP contribution in [0.4, 0.5) is 5.69 Å². The minimum absolute atomic E-state index is 0.122. The summed E-state index contributed by atoms with van der Waals surface area (Å²) >= 11 is 0. The average molecular weight is 361 g/mol. The van der Waals surface area contributed by atoms with Crippen LogP contribution >= 0.6 is 0 Å². The van der Waals surface area contributed by atoms with Gasteiger partial charge in [-0.05, 0) is 45.0 Å². The highest BCUT2D eigenvalue weighted by atomic mass is 16.5. The van der Waals surface area contributed by atoms with Gasteiger partial charge in [0.1, 0.15) is 17.2 Å². The summed E-state index contributed by atoms with van der Waals surface area (Å²) in [5.41, 5.74) is 5.44. The second-order valence-corrected chi connectivity index (χ2v) is 6.59. The van der Waals surface area contributed by atoms with Gasteiger partial charge in [0.25, 0.3) is 0 Å². The number of carbonyl (C=O) groups excluding carboxylic acids is 1. The van der Waals surface area contributed by atoms with Gasteiger partial charge in [-0.2, -0.15) is 0 Å². The average Bonchev–Trinajstić information content (AvgIpc) is 3.14. The smallest absolute Gasteiger partial charge is 0.221 e. The first-order chi connectivity index (χ1) is 12.9. The summed E-state index contributed by atoms with van der Waals surface area (Å²) in [7, 11) is 0. The van der Waals surface area contributed by atoms with Crippen LogP contribution in [-0.2, 0) is 4.79 Å². The molecule has 0 unspecified atom stereocenters. The fraction of sp³-hybridized carbons (Fsp3) is 0.190. The molecule has 0 saturated carbocycles. The van der Waals surface area contributed by atoms with Crippen molar-refractivity contribution >= 4 is 22.6 Å². The van der Waals surface area contributed by atoms with Crippen LogP contribution in [0, 0.1) is 20.8 Å². The van der Waals surface area contributed by atoms with E-state index in [0.29, 0.717) is 17.0 Å². The number of pyridine rings is 1. The standard InChI is InChI=1S/C21H19N3O3/c1-11-8-16-10-18(19-12(2)24-27-13(19)3)23-20(21(16)26-11)15-6-5-7-17(9-15)22-14(4)25/h5-10H,1-4H3,(H,22,25). The van der Waals surface area contributed by atoms with Gasteiger partial charge in [-0.1, -0.05) is 17.3 Å². The normalized spacial score (nSPS) is 11.1. The molecule has 6 heteroatoms. The largest absolute Gasteiger partial charge is 0.459 e. The van der Waals surface area contributed by atoms with E-state index < -0.39 is 0 Å². The fourth-order valence-electron chi connectivity index (χ4n) is 3.30. The predicted molar refractivity (Wildman–Crippen MR) is 103 cm³/mol. The van der Waals surface area contributed by atoms with Crippen molar-refractivity contribution in [2.45, 2.75) is 27.7 Å². The zero-order valence-corrected chi connectivity index (χ0v) is 15.6. The van der Waals surface area contributed by atoms with Gasteiger partial charge in [-0.25, -0.2) is 4.98 Å². The van der Waals surface area contributed by atoms with E-state index in [2.05, 4.69) is 10.5 Å². The van der Waals surface area contributed by atoms with Crippen molar-refractivity contribution in [1.29, 1.82) is 0 Å². The molecular weight excluding hydrogens is 342 g/mol. The van der Waals surface area contributed by atoms with Gasteiger partial charge in [0, 0.05) is 23.6 Å². The van der Waals surface area contributed by atoms with Gasteiger partial charge in [0.2, 0.25) is 5.91 Å². The number of anilines is 1. The third-order valence-electron chi connectivity index (χ3n) is 4.37. The number of hydrogen-bond acceptors (Lipinski definition) is 5. The number of benzene rings is 1. The molecule has 3 aromatic heterocycles. The first kappa shape index (κ1) is 17.0. The second kappa shape index (κ2) is 6.39. The topological polar surface area (TPSA) is 81.2 Å².